The summed E-state index contributed by atoms with van der Waals surface area (Å²) in [5.74, 6) is 0.858. The summed E-state index contributed by atoms with van der Waals surface area (Å²) in [6.07, 6.45) is 5.11. The highest BCUT2D eigenvalue weighted by Gasteiger charge is 2.35. The van der Waals surface area contributed by atoms with Crippen molar-refractivity contribution in [1.29, 1.82) is 0 Å². The highest BCUT2D eigenvalue weighted by atomic mass is 15.0. The third-order valence-corrected chi connectivity index (χ3v) is 5.21. The lowest BCUT2D eigenvalue weighted by Gasteiger charge is -2.41. The Morgan fingerprint density at radius 1 is 0.955 bits per heavy atom. The molecule has 0 atom stereocenters. The van der Waals surface area contributed by atoms with Gasteiger partial charge in [0.15, 0.2) is 0 Å². The van der Waals surface area contributed by atoms with Crippen LogP contribution in [-0.4, -0.2) is 0 Å². The molecule has 0 amide bonds. The molecule has 1 N–H and O–H groups in total. The molecule has 1 saturated carbocycles. The first-order valence-electron chi connectivity index (χ1n) is 8.54. The van der Waals surface area contributed by atoms with Crippen molar-refractivity contribution >= 4 is 0 Å². The molecule has 2 aromatic carbocycles. The van der Waals surface area contributed by atoms with Crippen molar-refractivity contribution in [2.45, 2.75) is 51.6 Å². The second-order valence-electron chi connectivity index (χ2n) is 6.97. The predicted molar refractivity (Wildman–Crippen MR) is 93.8 cm³/mol. The van der Waals surface area contributed by atoms with Gasteiger partial charge in [-0.2, -0.15) is 0 Å². The minimum Gasteiger partial charge on any atom is -0.303 e. The molecular formula is C21H27N. The molecule has 1 heteroatoms. The first-order valence-corrected chi connectivity index (χ1v) is 8.54. The van der Waals surface area contributed by atoms with Gasteiger partial charge in [0.2, 0.25) is 0 Å². The quantitative estimate of drug-likeness (QED) is 0.818. The van der Waals surface area contributed by atoms with Crippen LogP contribution in [0.15, 0.2) is 54.6 Å². The van der Waals surface area contributed by atoms with Gasteiger partial charge in [-0.15, -0.1) is 0 Å². The fourth-order valence-electron chi connectivity index (χ4n) is 3.56. The van der Waals surface area contributed by atoms with Crippen molar-refractivity contribution in [1.82, 2.24) is 5.32 Å². The number of aryl methyl sites for hydroxylation is 1. The SMILES string of the molecule is Cc1ccc(C2(NCc3ccccc3)CCC(C)CC2)cc1. The molecule has 0 bridgehead atoms. The van der Waals surface area contributed by atoms with Crippen molar-refractivity contribution in [2.24, 2.45) is 5.92 Å². The maximum atomic E-state index is 3.91. The Balaban J connectivity index is 1.81. The van der Waals surface area contributed by atoms with E-state index in [2.05, 4.69) is 73.8 Å². The summed E-state index contributed by atoms with van der Waals surface area (Å²) < 4.78 is 0. The Morgan fingerprint density at radius 3 is 2.23 bits per heavy atom. The third-order valence-electron chi connectivity index (χ3n) is 5.21. The van der Waals surface area contributed by atoms with Crippen molar-refractivity contribution in [3.05, 3.63) is 71.3 Å². The van der Waals surface area contributed by atoms with Crippen LogP contribution in [0.4, 0.5) is 0 Å². The van der Waals surface area contributed by atoms with Gasteiger partial charge in [-0.3, -0.25) is 0 Å². The minimum atomic E-state index is 0.149. The maximum Gasteiger partial charge on any atom is 0.0437 e. The topological polar surface area (TPSA) is 12.0 Å². The van der Waals surface area contributed by atoms with Crippen molar-refractivity contribution in [3.8, 4) is 0 Å². The van der Waals surface area contributed by atoms with Crippen LogP contribution in [0.3, 0.4) is 0 Å². The molecular weight excluding hydrogens is 266 g/mol. The molecule has 1 aliphatic rings. The predicted octanol–water partition coefficient (Wildman–Crippen LogP) is 5.19. The van der Waals surface area contributed by atoms with E-state index in [9.17, 15) is 0 Å². The van der Waals surface area contributed by atoms with E-state index in [1.807, 2.05) is 0 Å². The Morgan fingerprint density at radius 2 is 1.59 bits per heavy atom. The Kier molecular flexibility index (Phi) is 4.63. The molecule has 22 heavy (non-hydrogen) atoms. The van der Waals surface area contributed by atoms with E-state index < -0.39 is 0 Å². The molecule has 0 radical (unpaired) electrons. The lowest BCUT2D eigenvalue weighted by Crippen LogP contribution is -2.44. The Hall–Kier alpha value is -1.60. The first kappa shape index (κ1) is 15.3. The molecule has 0 aliphatic heterocycles. The highest BCUT2D eigenvalue weighted by molar-refractivity contribution is 5.29. The molecule has 2 aromatic rings. The standard InChI is InChI=1S/C21H27N/c1-17-8-10-20(11-9-17)21(14-12-18(2)13-15-21)22-16-19-6-4-3-5-7-19/h3-11,18,22H,12-16H2,1-2H3. The molecule has 0 spiro atoms. The molecule has 116 valence electrons. The number of rotatable bonds is 4. The first-order chi connectivity index (χ1) is 10.7. The van der Waals surface area contributed by atoms with Crippen LogP contribution in [0.5, 0.6) is 0 Å². The minimum absolute atomic E-state index is 0.149. The van der Waals surface area contributed by atoms with E-state index in [4.69, 9.17) is 0 Å². The summed E-state index contributed by atoms with van der Waals surface area (Å²) >= 11 is 0. The molecule has 0 unspecified atom stereocenters. The largest absolute Gasteiger partial charge is 0.303 e. The van der Waals surface area contributed by atoms with Gasteiger partial charge < -0.3 is 5.32 Å². The summed E-state index contributed by atoms with van der Waals surface area (Å²) in [5.41, 5.74) is 4.32. The molecule has 0 heterocycles. The lowest BCUT2D eigenvalue weighted by atomic mass is 9.73. The average Bonchev–Trinajstić information content (AvgIpc) is 2.56. The van der Waals surface area contributed by atoms with Gasteiger partial charge in [-0.25, -0.2) is 0 Å². The van der Waals surface area contributed by atoms with Gasteiger partial charge in [-0.05, 0) is 49.7 Å². The third kappa shape index (κ3) is 3.41. The van der Waals surface area contributed by atoms with Crippen LogP contribution in [0.25, 0.3) is 0 Å². The number of benzene rings is 2. The van der Waals surface area contributed by atoms with Crippen LogP contribution < -0.4 is 5.32 Å². The van der Waals surface area contributed by atoms with Gasteiger partial charge >= 0.3 is 0 Å². The zero-order valence-electron chi connectivity index (χ0n) is 13.8. The van der Waals surface area contributed by atoms with E-state index in [1.165, 1.54) is 42.4 Å². The molecule has 1 aliphatic carbocycles. The van der Waals surface area contributed by atoms with Crippen molar-refractivity contribution < 1.29 is 0 Å². The fourth-order valence-corrected chi connectivity index (χ4v) is 3.56. The summed E-state index contributed by atoms with van der Waals surface area (Å²) in [7, 11) is 0. The normalized spacial score (nSPS) is 25.1. The van der Waals surface area contributed by atoms with Gasteiger partial charge in [-0.1, -0.05) is 67.1 Å². The average molecular weight is 293 g/mol. The fraction of sp³-hybridized carbons (Fsp3) is 0.429. The van der Waals surface area contributed by atoms with Crippen LogP contribution in [0.2, 0.25) is 0 Å². The van der Waals surface area contributed by atoms with Crippen LogP contribution in [-0.2, 0) is 12.1 Å². The number of hydrogen-bond acceptors (Lipinski definition) is 1. The van der Waals surface area contributed by atoms with Gasteiger partial charge in [0.05, 0.1) is 0 Å². The van der Waals surface area contributed by atoms with E-state index >= 15 is 0 Å². The maximum absolute atomic E-state index is 3.91. The summed E-state index contributed by atoms with van der Waals surface area (Å²) in [6, 6.07) is 19.9. The molecule has 1 fully saturated rings. The zero-order valence-corrected chi connectivity index (χ0v) is 13.8. The van der Waals surface area contributed by atoms with Crippen LogP contribution in [0, 0.1) is 12.8 Å². The molecule has 0 saturated heterocycles. The van der Waals surface area contributed by atoms with E-state index in [1.54, 1.807) is 0 Å². The van der Waals surface area contributed by atoms with Crippen LogP contribution in [0.1, 0.15) is 49.3 Å². The summed E-state index contributed by atoms with van der Waals surface area (Å²) in [6.45, 7) is 5.50. The second-order valence-corrected chi connectivity index (χ2v) is 6.97. The molecule has 1 nitrogen and oxygen atoms in total. The smallest absolute Gasteiger partial charge is 0.0437 e. The van der Waals surface area contributed by atoms with Crippen molar-refractivity contribution in [2.75, 3.05) is 0 Å². The van der Waals surface area contributed by atoms with E-state index in [-0.39, 0.29) is 5.54 Å². The number of hydrogen-bond donors (Lipinski definition) is 1. The van der Waals surface area contributed by atoms with Crippen LogP contribution >= 0.6 is 0 Å². The zero-order chi connectivity index (χ0) is 15.4. The van der Waals surface area contributed by atoms with Gasteiger partial charge in [0, 0.05) is 12.1 Å². The second kappa shape index (κ2) is 6.66. The van der Waals surface area contributed by atoms with Gasteiger partial charge in [0.25, 0.3) is 0 Å². The van der Waals surface area contributed by atoms with E-state index in [0.29, 0.717) is 0 Å². The monoisotopic (exact) mass is 293 g/mol. The van der Waals surface area contributed by atoms with E-state index in [0.717, 1.165) is 12.5 Å². The summed E-state index contributed by atoms with van der Waals surface area (Å²) in [4.78, 5) is 0. The molecule has 0 aromatic heterocycles. The Labute approximate surface area is 134 Å². The van der Waals surface area contributed by atoms with Gasteiger partial charge in [0.1, 0.15) is 0 Å². The lowest BCUT2D eigenvalue weighted by molar-refractivity contribution is 0.194. The van der Waals surface area contributed by atoms with Crippen molar-refractivity contribution in [3.63, 3.8) is 0 Å². The Bertz CT molecular complexity index is 577. The highest BCUT2D eigenvalue weighted by Crippen LogP contribution is 2.39. The summed E-state index contributed by atoms with van der Waals surface area (Å²) in [5, 5.41) is 3.91. The molecule has 3 rings (SSSR count). The number of nitrogens with one attached hydrogen (secondary N) is 1.